The van der Waals surface area contributed by atoms with E-state index in [1.165, 1.54) is 23.4 Å². The molecular weight excluding hydrogens is 284 g/mol. The van der Waals surface area contributed by atoms with Crippen LogP contribution in [0.25, 0.3) is 0 Å². The van der Waals surface area contributed by atoms with Crippen molar-refractivity contribution in [1.82, 2.24) is 4.98 Å². The van der Waals surface area contributed by atoms with Crippen LogP contribution in [0.1, 0.15) is 44.4 Å². The van der Waals surface area contributed by atoms with Crippen LogP contribution in [0.2, 0.25) is 0 Å². The second-order valence-corrected chi connectivity index (χ2v) is 5.86. The number of aryl methyl sites for hydroxylation is 1. The Morgan fingerprint density at radius 3 is 2.62 bits per heavy atom. The first kappa shape index (κ1) is 16.1. The van der Waals surface area contributed by atoms with Crippen molar-refractivity contribution in [3.05, 3.63) is 17.3 Å². The molecule has 116 valence electrons. The summed E-state index contributed by atoms with van der Waals surface area (Å²) in [5.74, 6) is 0.869. The number of nitrogens with one attached hydrogen (secondary N) is 1. The summed E-state index contributed by atoms with van der Waals surface area (Å²) in [5, 5.41) is 7.84. The summed E-state index contributed by atoms with van der Waals surface area (Å²) in [4.78, 5) is 6.84. The molecule has 1 aromatic rings. The molecule has 3 rings (SSSR count). The topological polar surface area (TPSA) is 66.0 Å². The van der Waals surface area contributed by atoms with Crippen LogP contribution in [-0.4, -0.2) is 23.2 Å². The van der Waals surface area contributed by atoms with Crippen molar-refractivity contribution in [3.63, 3.8) is 0 Å². The average molecular weight is 309 g/mol. The summed E-state index contributed by atoms with van der Waals surface area (Å²) < 4.78 is 0. The van der Waals surface area contributed by atoms with Crippen molar-refractivity contribution in [2.75, 3.05) is 23.7 Å². The van der Waals surface area contributed by atoms with E-state index in [9.17, 15) is 0 Å². The maximum absolute atomic E-state index is 7.53. The third-order valence-corrected chi connectivity index (χ3v) is 4.55. The van der Waals surface area contributed by atoms with E-state index in [4.69, 9.17) is 22.7 Å². The van der Waals surface area contributed by atoms with Crippen LogP contribution in [0.15, 0.2) is 6.07 Å². The Morgan fingerprint density at radius 2 is 2.00 bits per heavy atom. The predicted molar refractivity (Wildman–Crippen MR) is 90.5 cm³/mol. The van der Waals surface area contributed by atoms with Gasteiger partial charge in [-0.05, 0) is 37.7 Å². The fourth-order valence-electron chi connectivity index (χ4n) is 3.20. The highest BCUT2D eigenvalue weighted by atomic mass is 35.5. The van der Waals surface area contributed by atoms with Gasteiger partial charge in [0.15, 0.2) is 0 Å². The Hall–Kier alpha value is -1.29. The minimum absolute atomic E-state index is 0.241. The number of pyridine rings is 1. The highest BCUT2D eigenvalue weighted by Gasteiger charge is 2.26. The van der Waals surface area contributed by atoms with Gasteiger partial charge in [0.25, 0.3) is 0 Å². The first-order valence-corrected chi connectivity index (χ1v) is 8.30. The number of nitrogens with two attached hydrogens (primary N) is 1. The molecule has 2 heterocycles. The Morgan fingerprint density at radius 1 is 1.33 bits per heavy atom. The molecule has 0 amide bonds. The largest absolute Gasteiger partial charge is 0.384 e. The number of aromatic nitrogens is 1. The van der Waals surface area contributed by atoms with Crippen molar-refractivity contribution >= 4 is 28.3 Å². The molecule has 0 saturated carbocycles. The summed E-state index contributed by atoms with van der Waals surface area (Å²) in [7, 11) is 0. The number of nitrogens with zero attached hydrogens (tertiary/aromatic N) is 2. The molecule has 0 spiro atoms. The van der Waals surface area contributed by atoms with Gasteiger partial charge in [0.05, 0.1) is 0 Å². The number of rotatable bonds is 2. The second-order valence-electron chi connectivity index (χ2n) is 5.45. The molecule has 0 bridgehead atoms. The van der Waals surface area contributed by atoms with E-state index in [0.717, 1.165) is 38.8 Å². The summed E-state index contributed by atoms with van der Waals surface area (Å²) in [6, 6.07) is 2.01. The van der Waals surface area contributed by atoms with E-state index >= 15 is 0 Å². The average Bonchev–Trinajstić information content (AvgIpc) is 2.96. The van der Waals surface area contributed by atoms with Gasteiger partial charge in [-0.25, -0.2) is 4.98 Å². The third kappa shape index (κ3) is 3.49. The summed E-state index contributed by atoms with van der Waals surface area (Å²) in [6.07, 6.45) is 5.26. The second kappa shape index (κ2) is 7.12. The molecule has 1 saturated heterocycles. The lowest BCUT2D eigenvalue weighted by Crippen LogP contribution is -2.36. The molecule has 2 aliphatic rings. The van der Waals surface area contributed by atoms with Gasteiger partial charge >= 0.3 is 0 Å². The minimum Gasteiger partial charge on any atom is -0.384 e. The molecule has 1 aliphatic heterocycles. The molecular formula is C16H25ClN4. The molecule has 3 N–H and O–H groups in total. The third-order valence-electron chi connectivity index (χ3n) is 4.24. The molecule has 0 atom stereocenters. The van der Waals surface area contributed by atoms with Gasteiger partial charge in [0, 0.05) is 36.5 Å². The van der Waals surface area contributed by atoms with Crippen molar-refractivity contribution in [3.8, 4) is 0 Å². The van der Waals surface area contributed by atoms with E-state index in [1.807, 2.05) is 19.9 Å². The highest BCUT2D eigenvalue weighted by Crippen LogP contribution is 2.34. The van der Waals surface area contributed by atoms with Gasteiger partial charge < -0.3 is 10.6 Å². The molecule has 0 aromatic carbocycles. The Labute approximate surface area is 132 Å². The lowest BCUT2D eigenvalue weighted by molar-refractivity contribution is 0.504. The number of halogens is 1. The number of fused-ring (bicyclic) bond motifs is 1. The van der Waals surface area contributed by atoms with Crippen LogP contribution in [-0.2, 0) is 12.8 Å². The number of hydrogen-bond donors (Lipinski definition) is 2. The van der Waals surface area contributed by atoms with Crippen LogP contribution >= 0.6 is 11.6 Å². The van der Waals surface area contributed by atoms with Crippen LogP contribution in [0, 0.1) is 11.3 Å². The van der Waals surface area contributed by atoms with Crippen molar-refractivity contribution in [2.45, 2.75) is 46.0 Å². The molecule has 21 heavy (non-hydrogen) atoms. The number of anilines is 2. The quantitative estimate of drug-likeness (QED) is 0.820. The van der Waals surface area contributed by atoms with E-state index in [0.29, 0.717) is 11.0 Å². The lowest BCUT2D eigenvalue weighted by atomic mass is 9.97. The zero-order chi connectivity index (χ0) is 15.4. The molecule has 0 radical (unpaired) electrons. The molecule has 1 fully saturated rings. The summed E-state index contributed by atoms with van der Waals surface area (Å²) in [5.41, 5.74) is 9.75. The molecule has 0 unspecified atom stereocenters. The maximum Gasteiger partial charge on any atom is 0.125 e. The zero-order valence-electron chi connectivity index (χ0n) is 13.0. The SMILES string of the molecule is CC.N=C(Cl)C1CCN(c2cc(N)nc3c2CCC3)CC1. The van der Waals surface area contributed by atoms with Gasteiger partial charge in [-0.3, -0.25) is 5.41 Å². The first-order valence-electron chi connectivity index (χ1n) is 7.92. The van der Waals surface area contributed by atoms with Crippen LogP contribution in [0.3, 0.4) is 0 Å². The van der Waals surface area contributed by atoms with Gasteiger partial charge in [-0.2, -0.15) is 0 Å². The molecule has 1 aromatic heterocycles. The number of piperidine rings is 1. The monoisotopic (exact) mass is 308 g/mol. The van der Waals surface area contributed by atoms with Gasteiger partial charge in [0.1, 0.15) is 11.0 Å². The fraction of sp³-hybridized carbons (Fsp3) is 0.625. The lowest BCUT2D eigenvalue weighted by Gasteiger charge is -2.34. The highest BCUT2D eigenvalue weighted by molar-refractivity contribution is 6.65. The standard InChI is InChI=1S/C14H19ClN4.C2H6/c15-14(17)9-4-6-19(7-5-9)12-8-13(16)18-11-3-1-2-10(11)12;1-2/h8-9,17H,1-7H2,(H2,16,18);1-2H3. The summed E-state index contributed by atoms with van der Waals surface area (Å²) >= 11 is 5.80. The predicted octanol–water partition coefficient (Wildman–Crippen LogP) is 3.61. The Kier molecular flexibility index (Phi) is 5.45. The van der Waals surface area contributed by atoms with Crippen molar-refractivity contribution in [1.29, 1.82) is 5.41 Å². The molecule has 1 aliphatic carbocycles. The first-order chi connectivity index (χ1) is 10.1. The fourth-order valence-corrected chi connectivity index (χ4v) is 3.42. The maximum atomic E-state index is 7.53. The van der Waals surface area contributed by atoms with E-state index in [-0.39, 0.29) is 5.92 Å². The Balaban J connectivity index is 0.000000774. The van der Waals surface area contributed by atoms with Crippen molar-refractivity contribution in [2.24, 2.45) is 5.92 Å². The van der Waals surface area contributed by atoms with Crippen LogP contribution in [0.5, 0.6) is 0 Å². The molecule has 4 nitrogen and oxygen atoms in total. The van der Waals surface area contributed by atoms with Crippen LogP contribution in [0.4, 0.5) is 11.5 Å². The van der Waals surface area contributed by atoms with E-state index in [2.05, 4.69) is 9.88 Å². The normalized spacial score (nSPS) is 18.0. The zero-order valence-corrected chi connectivity index (χ0v) is 13.7. The van der Waals surface area contributed by atoms with Crippen LogP contribution < -0.4 is 10.6 Å². The smallest absolute Gasteiger partial charge is 0.125 e. The van der Waals surface area contributed by atoms with Gasteiger partial charge in [-0.1, -0.05) is 25.4 Å². The molecule has 5 heteroatoms. The van der Waals surface area contributed by atoms with Gasteiger partial charge in [0.2, 0.25) is 0 Å². The summed E-state index contributed by atoms with van der Waals surface area (Å²) in [6.45, 7) is 5.91. The number of hydrogen-bond acceptors (Lipinski definition) is 4. The van der Waals surface area contributed by atoms with Crippen molar-refractivity contribution < 1.29 is 0 Å². The Bertz CT molecular complexity index is 507. The van der Waals surface area contributed by atoms with Gasteiger partial charge in [-0.15, -0.1) is 0 Å². The van der Waals surface area contributed by atoms with E-state index < -0.39 is 0 Å². The number of nitrogen functional groups attached to an aromatic ring is 1. The van der Waals surface area contributed by atoms with E-state index in [1.54, 1.807) is 0 Å². The minimum atomic E-state index is 0.241.